The van der Waals surface area contributed by atoms with Gasteiger partial charge in [0.05, 0.1) is 16.4 Å². The van der Waals surface area contributed by atoms with Crippen molar-refractivity contribution in [2.45, 2.75) is 6.92 Å². The molecule has 4 nitrogen and oxygen atoms in total. The van der Waals surface area contributed by atoms with Crippen LogP contribution in [0.1, 0.15) is 5.56 Å². The number of hydrogen-bond donors (Lipinski definition) is 2. The number of para-hydroxylation sites is 2. The lowest BCUT2D eigenvalue weighted by molar-refractivity contribution is -0.118. The number of anilines is 2. The monoisotopic (exact) mass is 290 g/mol. The molecule has 0 bridgehead atoms. The van der Waals surface area contributed by atoms with Crippen LogP contribution in [-0.2, 0) is 4.79 Å². The van der Waals surface area contributed by atoms with Crippen molar-refractivity contribution in [3.05, 3.63) is 53.1 Å². The smallest absolute Gasteiger partial charge is 0.262 e. The number of aryl methyl sites for hydroxylation is 1. The summed E-state index contributed by atoms with van der Waals surface area (Å²) in [5.41, 5.74) is 7.56. The average Bonchev–Trinajstić information content (AvgIpc) is 2.42. The standard InChI is InChI=1S/C15H15ClN2O2/c1-10-5-2-3-8-13(10)20-9-14(19)18-15-11(16)6-4-7-12(15)17/h2-8H,9,17H2,1H3,(H,18,19). The molecule has 0 atom stereocenters. The first-order chi connectivity index (χ1) is 9.58. The van der Waals surface area contributed by atoms with Crippen LogP contribution in [-0.4, -0.2) is 12.5 Å². The lowest BCUT2D eigenvalue weighted by atomic mass is 10.2. The van der Waals surface area contributed by atoms with Gasteiger partial charge in [0.25, 0.3) is 5.91 Å². The van der Waals surface area contributed by atoms with Crippen molar-refractivity contribution < 1.29 is 9.53 Å². The van der Waals surface area contributed by atoms with Crippen LogP contribution in [0.25, 0.3) is 0 Å². The summed E-state index contributed by atoms with van der Waals surface area (Å²) in [5.74, 6) is 0.364. The number of benzene rings is 2. The number of carbonyl (C=O) groups excluding carboxylic acids is 1. The van der Waals surface area contributed by atoms with Crippen molar-refractivity contribution in [3.8, 4) is 5.75 Å². The third-order valence-corrected chi connectivity index (χ3v) is 3.08. The molecule has 0 saturated heterocycles. The highest BCUT2D eigenvalue weighted by Gasteiger charge is 2.10. The zero-order chi connectivity index (χ0) is 14.5. The third kappa shape index (κ3) is 3.42. The summed E-state index contributed by atoms with van der Waals surface area (Å²) in [6.07, 6.45) is 0. The van der Waals surface area contributed by atoms with Crippen LogP contribution in [0.4, 0.5) is 11.4 Å². The Morgan fingerprint density at radius 2 is 2.00 bits per heavy atom. The maximum Gasteiger partial charge on any atom is 0.262 e. The van der Waals surface area contributed by atoms with Crippen molar-refractivity contribution >= 4 is 28.9 Å². The van der Waals surface area contributed by atoms with Crippen molar-refractivity contribution in [2.75, 3.05) is 17.7 Å². The number of hydrogen-bond acceptors (Lipinski definition) is 3. The first-order valence-corrected chi connectivity index (χ1v) is 6.48. The molecule has 3 N–H and O–H groups in total. The van der Waals surface area contributed by atoms with Gasteiger partial charge in [-0.3, -0.25) is 4.79 Å². The molecule has 5 heteroatoms. The van der Waals surface area contributed by atoms with Gasteiger partial charge in [-0.25, -0.2) is 0 Å². The fraction of sp³-hybridized carbons (Fsp3) is 0.133. The molecule has 0 aromatic heterocycles. The van der Waals surface area contributed by atoms with E-state index in [1.54, 1.807) is 18.2 Å². The van der Waals surface area contributed by atoms with Gasteiger partial charge in [0.1, 0.15) is 5.75 Å². The number of nitrogens with two attached hydrogens (primary N) is 1. The van der Waals surface area contributed by atoms with Crippen LogP contribution in [0.15, 0.2) is 42.5 Å². The summed E-state index contributed by atoms with van der Waals surface area (Å²) >= 11 is 5.98. The van der Waals surface area contributed by atoms with E-state index in [4.69, 9.17) is 22.1 Å². The third-order valence-electron chi connectivity index (χ3n) is 2.76. The highest BCUT2D eigenvalue weighted by atomic mass is 35.5. The molecule has 0 radical (unpaired) electrons. The van der Waals surface area contributed by atoms with Gasteiger partial charge in [-0.05, 0) is 30.7 Å². The minimum absolute atomic E-state index is 0.102. The van der Waals surface area contributed by atoms with E-state index < -0.39 is 0 Å². The number of carbonyl (C=O) groups is 1. The van der Waals surface area contributed by atoms with Crippen molar-refractivity contribution in [1.82, 2.24) is 0 Å². The highest BCUT2D eigenvalue weighted by molar-refractivity contribution is 6.34. The average molecular weight is 291 g/mol. The Morgan fingerprint density at radius 3 is 2.70 bits per heavy atom. The van der Waals surface area contributed by atoms with E-state index in [-0.39, 0.29) is 12.5 Å². The zero-order valence-electron chi connectivity index (χ0n) is 11.0. The number of nitrogen functional groups attached to an aromatic ring is 1. The predicted octanol–water partition coefficient (Wildman–Crippen LogP) is 3.25. The number of halogens is 1. The lowest BCUT2D eigenvalue weighted by Gasteiger charge is -2.11. The zero-order valence-corrected chi connectivity index (χ0v) is 11.8. The van der Waals surface area contributed by atoms with Crippen LogP contribution in [0, 0.1) is 6.92 Å². The van der Waals surface area contributed by atoms with Gasteiger partial charge in [0, 0.05) is 0 Å². The summed E-state index contributed by atoms with van der Waals surface area (Å²) in [5, 5.41) is 3.04. The van der Waals surface area contributed by atoms with Gasteiger partial charge >= 0.3 is 0 Å². The molecular weight excluding hydrogens is 276 g/mol. The van der Waals surface area contributed by atoms with Crippen LogP contribution < -0.4 is 15.8 Å². The quantitative estimate of drug-likeness (QED) is 0.850. The normalized spacial score (nSPS) is 10.1. The molecule has 0 fully saturated rings. The van der Waals surface area contributed by atoms with Crippen molar-refractivity contribution in [2.24, 2.45) is 0 Å². The van der Waals surface area contributed by atoms with Gasteiger partial charge in [0.15, 0.2) is 6.61 Å². The molecule has 0 spiro atoms. The lowest BCUT2D eigenvalue weighted by Crippen LogP contribution is -2.21. The summed E-state index contributed by atoms with van der Waals surface area (Å²) in [6.45, 7) is 1.81. The van der Waals surface area contributed by atoms with Gasteiger partial charge in [-0.2, -0.15) is 0 Å². The number of amides is 1. The maximum atomic E-state index is 11.9. The van der Waals surface area contributed by atoms with E-state index in [9.17, 15) is 4.79 Å². The topological polar surface area (TPSA) is 64.3 Å². The van der Waals surface area contributed by atoms with E-state index in [0.717, 1.165) is 5.56 Å². The second kappa shape index (κ2) is 6.30. The predicted molar refractivity (Wildman–Crippen MR) is 81.2 cm³/mol. The maximum absolute atomic E-state index is 11.9. The van der Waals surface area contributed by atoms with Gasteiger partial charge < -0.3 is 15.8 Å². The number of rotatable bonds is 4. The Morgan fingerprint density at radius 1 is 1.25 bits per heavy atom. The fourth-order valence-corrected chi connectivity index (χ4v) is 1.94. The second-order valence-electron chi connectivity index (χ2n) is 4.31. The van der Waals surface area contributed by atoms with Crippen molar-refractivity contribution in [1.29, 1.82) is 0 Å². The first kappa shape index (κ1) is 14.2. The molecule has 2 aromatic rings. The molecule has 2 rings (SSSR count). The van der Waals surface area contributed by atoms with Crippen LogP contribution in [0.2, 0.25) is 5.02 Å². The van der Waals surface area contributed by atoms with Crippen LogP contribution in [0.3, 0.4) is 0 Å². The Hall–Kier alpha value is -2.20. The summed E-state index contributed by atoms with van der Waals surface area (Å²) in [6, 6.07) is 12.5. The number of nitrogens with one attached hydrogen (secondary N) is 1. The van der Waals surface area contributed by atoms with Crippen molar-refractivity contribution in [3.63, 3.8) is 0 Å². The Kier molecular flexibility index (Phi) is 4.48. The fourth-order valence-electron chi connectivity index (χ4n) is 1.71. The molecule has 0 aliphatic heterocycles. The van der Waals surface area contributed by atoms with Crippen LogP contribution in [0.5, 0.6) is 5.75 Å². The molecule has 2 aromatic carbocycles. The minimum Gasteiger partial charge on any atom is -0.483 e. The number of ether oxygens (including phenoxy) is 1. The van der Waals surface area contributed by atoms with Crippen LogP contribution >= 0.6 is 11.6 Å². The molecule has 0 unspecified atom stereocenters. The van der Waals surface area contributed by atoms with Gasteiger partial charge in [0.2, 0.25) is 0 Å². The molecule has 1 amide bonds. The molecule has 20 heavy (non-hydrogen) atoms. The molecule has 0 aliphatic carbocycles. The molecule has 0 aliphatic rings. The molecule has 0 saturated carbocycles. The SMILES string of the molecule is Cc1ccccc1OCC(=O)Nc1c(N)cccc1Cl. The van der Waals surface area contributed by atoms with E-state index in [1.807, 2.05) is 31.2 Å². The second-order valence-corrected chi connectivity index (χ2v) is 4.71. The molecule has 104 valence electrons. The molecular formula is C15H15ClN2O2. The Balaban J connectivity index is 1.98. The van der Waals surface area contributed by atoms with Gasteiger partial charge in [-0.1, -0.05) is 35.9 Å². The Labute approximate surface area is 122 Å². The van der Waals surface area contributed by atoms with E-state index in [0.29, 0.717) is 22.1 Å². The summed E-state index contributed by atoms with van der Waals surface area (Å²) < 4.78 is 5.45. The summed E-state index contributed by atoms with van der Waals surface area (Å²) in [7, 11) is 0. The largest absolute Gasteiger partial charge is 0.483 e. The van der Waals surface area contributed by atoms with E-state index in [1.165, 1.54) is 0 Å². The van der Waals surface area contributed by atoms with E-state index >= 15 is 0 Å². The highest BCUT2D eigenvalue weighted by Crippen LogP contribution is 2.27. The minimum atomic E-state index is -0.312. The Bertz CT molecular complexity index is 609. The van der Waals surface area contributed by atoms with Gasteiger partial charge in [-0.15, -0.1) is 0 Å². The molecule has 0 heterocycles. The first-order valence-electron chi connectivity index (χ1n) is 6.10. The summed E-state index contributed by atoms with van der Waals surface area (Å²) in [4.78, 5) is 11.9. The van der Waals surface area contributed by atoms with E-state index in [2.05, 4.69) is 5.32 Å².